The number of carbonyl (C=O) groups excluding carboxylic acids is 1. The van der Waals surface area contributed by atoms with Gasteiger partial charge in [-0.15, -0.1) is 0 Å². The largest absolute Gasteiger partial charge is 0.507 e. The topological polar surface area (TPSA) is 86.6 Å². The van der Waals surface area contributed by atoms with E-state index in [1.807, 2.05) is 12.1 Å². The van der Waals surface area contributed by atoms with Crippen LogP contribution < -0.4 is 14.9 Å². The van der Waals surface area contributed by atoms with E-state index in [1.165, 1.54) is 5.56 Å². The first-order valence-electron chi connectivity index (χ1n) is 16.3. The second kappa shape index (κ2) is 16.3. The van der Waals surface area contributed by atoms with Gasteiger partial charge in [-0.1, -0.05) is 80.4 Å². The van der Waals surface area contributed by atoms with E-state index in [1.54, 1.807) is 6.21 Å². The molecule has 2 aromatic rings. The molecule has 0 aromatic heterocycles. The van der Waals surface area contributed by atoms with Crippen LogP contribution in [0.2, 0.25) is 0 Å². The first-order valence-corrected chi connectivity index (χ1v) is 16.3. The summed E-state index contributed by atoms with van der Waals surface area (Å²) in [7, 11) is 0. The van der Waals surface area contributed by atoms with Crippen LogP contribution in [0.4, 0.5) is 0 Å². The van der Waals surface area contributed by atoms with Gasteiger partial charge >= 0.3 is 0 Å². The van der Waals surface area contributed by atoms with Gasteiger partial charge in [0, 0.05) is 43.9 Å². The van der Waals surface area contributed by atoms with E-state index >= 15 is 0 Å². The third-order valence-corrected chi connectivity index (χ3v) is 7.96. The molecule has 0 unspecified atom stereocenters. The highest BCUT2D eigenvalue weighted by Crippen LogP contribution is 2.37. The fourth-order valence-electron chi connectivity index (χ4n) is 5.07. The molecule has 0 radical (unpaired) electrons. The number of hydrogen-bond donors (Lipinski definition) is 2. The fraction of sp³-hybridized carbons (Fsp3) is 0.611. The number of phenols is 1. The number of hydrazone groups is 1. The van der Waals surface area contributed by atoms with Gasteiger partial charge in [-0.3, -0.25) is 14.6 Å². The van der Waals surface area contributed by atoms with Crippen LogP contribution in [0.3, 0.4) is 0 Å². The predicted molar refractivity (Wildman–Crippen MR) is 180 cm³/mol. The Bertz CT molecular complexity index is 1240. The zero-order valence-electron chi connectivity index (χ0n) is 28.5. The molecule has 44 heavy (non-hydrogen) atoms. The maximum atomic E-state index is 12.7. The van der Waals surface area contributed by atoms with Crippen molar-refractivity contribution in [3.8, 4) is 17.2 Å². The normalized spacial score (nSPS) is 15.1. The van der Waals surface area contributed by atoms with Crippen LogP contribution in [0, 0.1) is 0 Å². The number of aromatic hydroxyl groups is 1. The lowest BCUT2D eigenvalue weighted by molar-refractivity contribution is -0.122. The quantitative estimate of drug-likeness (QED) is 0.143. The fourth-order valence-corrected chi connectivity index (χ4v) is 5.07. The number of phenolic OH excluding ortho intramolecular Hbond substituents is 1. The number of hydrogen-bond acceptors (Lipinski definition) is 7. The van der Waals surface area contributed by atoms with Gasteiger partial charge in [0.25, 0.3) is 5.91 Å². The summed E-state index contributed by atoms with van der Waals surface area (Å²) in [5.41, 5.74) is 6.14. The van der Waals surface area contributed by atoms with Gasteiger partial charge in [-0.25, -0.2) is 5.43 Å². The Morgan fingerprint density at radius 2 is 1.50 bits per heavy atom. The summed E-state index contributed by atoms with van der Waals surface area (Å²) in [6, 6.07) is 10.3. The van der Waals surface area contributed by atoms with Crippen LogP contribution >= 0.6 is 0 Å². The van der Waals surface area contributed by atoms with Crippen LogP contribution in [-0.4, -0.2) is 73.0 Å². The zero-order chi connectivity index (χ0) is 32.3. The molecule has 8 nitrogen and oxygen atoms in total. The third-order valence-electron chi connectivity index (χ3n) is 7.96. The van der Waals surface area contributed by atoms with E-state index in [-0.39, 0.29) is 29.0 Å². The minimum atomic E-state index is -0.226. The van der Waals surface area contributed by atoms with Crippen molar-refractivity contribution in [2.45, 2.75) is 98.4 Å². The molecule has 1 saturated heterocycles. The number of rotatable bonds is 14. The number of amides is 1. The maximum absolute atomic E-state index is 12.7. The van der Waals surface area contributed by atoms with E-state index in [9.17, 15) is 9.90 Å². The van der Waals surface area contributed by atoms with Crippen molar-refractivity contribution in [3.05, 3.63) is 52.6 Å². The summed E-state index contributed by atoms with van der Waals surface area (Å²) >= 11 is 0. The van der Waals surface area contributed by atoms with Gasteiger partial charge in [0.2, 0.25) is 0 Å². The molecule has 0 aliphatic carbocycles. The molecule has 244 valence electrons. The Morgan fingerprint density at radius 1 is 0.886 bits per heavy atom. The summed E-state index contributed by atoms with van der Waals surface area (Å²) in [5.74, 6) is 1.70. The number of nitrogens with zero attached hydrogens (tertiary/aromatic N) is 3. The number of piperazine rings is 1. The molecule has 1 aliphatic heterocycles. The third kappa shape index (κ3) is 10.8. The molecular formula is C36H56N4O4. The molecule has 3 rings (SSSR count). The molecule has 2 N–H and O–H groups in total. The van der Waals surface area contributed by atoms with Crippen LogP contribution in [0.1, 0.15) is 103 Å². The molecule has 2 aromatic carbocycles. The molecule has 0 bridgehead atoms. The average molecular weight is 609 g/mol. The number of nitrogens with one attached hydrogen (secondary N) is 1. The standard InChI is InChI=1S/C36H56N4O4/c1-9-11-19-43-31-14-13-27(21-32(31)44-20-12-10-2)25-39-15-17-40(18-16-39)26-33(41)38-37-24-28-22-29(35(3,4)5)23-30(34(28)42)36(6,7)8/h13-14,21-24,42H,9-12,15-20,25-26H2,1-8H3,(H,38,41)/b37-24+. The number of benzene rings is 2. The van der Waals surface area contributed by atoms with E-state index in [2.05, 4.69) is 93.9 Å². The Kier molecular flexibility index (Phi) is 13.1. The Hall–Kier alpha value is -3.10. The van der Waals surface area contributed by atoms with Gasteiger partial charge in [0.1, 0.15) is 5.75 Å². The maximum Gasteiger partial charge on any atom is 0.254 e. The summed E-state index contributed by atoms with van der Waals surface area (Å²) in [5, 5.41) is 15.2. The molecule has 0 saturated carbocycles. The average Bonchev–Trinajstić information content (AvgIpc) is 2.95. The van der Waals surface area contributed by atoms with Crippen LogP contribution in [0.5, 0.6) is 17.2 Å². The number of carbonyl (C=O) groups is 1. The lowest BCUT2D eigenvalue weighted by atomic mass is 9.79. The van der Waals surface area contributed by atoms with Crippen LogP contribution in [0.15, 0.2) is 35.4 Å². The first kappa shape index (κ1) is 35.4. The first-order chi connectivity index (χ1) is 20.8. The summed E-state index contributed by atoms with van der Waals surface area (Å²) in [6.07, 6.45) is 5.78. The monoisotopic (exact) mass is 608 g/mol. The van der Waals surface area contributed by atoms with Gasteiger partial charge in [0.15, 0.2) is 11.5 Å². The molecule has 0 spiro atoms. The molecule has 1 fully saturated rings. The Labute approximate surface area is 265 Å². The van der Waals surface area contributed by atoms with E-state index < -0.39 is 0 Å². The van der Waals surface area contributed by atoms with Gasteiger partial charge in [-0.2, -0.15) is 5.10 Å². The number of unbranched alkanes of at least 4 members (excludes halogenated alkanes) is 2. The van der Waals surface area contributed by atoms with Crippen molar-refractivity contribution in [2.75, 3.05) is 45.9 Å². The lowest BCUT2D eigenvalue weighted by Gasteiger charge is -2.34. The molecule has 8 heteroatoms. The van der Waals surface area contributed by atoms with Crippen molar-refractivity contribution in [3.63, 3.8) is 0 Å². The predicted octanol–water partition coefficient (Wildman–Crippen LogP) is 6.61. The molecule has 1 aliphatic rings. The smallest absolute Gasteiger partial charge is 0.254 e. The zero-order valence-corrected chi connectivity index (χ0v) is 28.5. The minimum Gasteiger partial charge on any atom is -0.507 e. The highest BCUT2D eigenvalue weighted by Gasteiger charge is 2.25. The van der Waals surface area contributed by atoms with E-state index in [0.717, 1.165) is 81.0 Å². The van der Waals surface area contributed by atoms with Crippen molar-refractivity contribution < 1.29 is 19.4 Å². The molecular weight excluding hydrogens is 552 g/mol. The molecule has 0 atom stereocenters. The highest BCUT2D eigenvalue weighted by molar-refractivity contribution is 5.86. The van der Waals surface area contributed by atoms with Gasteiger partial charge < -0.3 is 14.6 Å². The lowest BCUT2D eigenvalue weighted by Crippen LogP contribution is -2.48. The van der Waals surface area contributed by atoms with Crippen molar-refractivity contribution in [1.82, 2.24) is 15.2 Å². The van der Waals surface area contributed by atoms with Gasteiger partial charge in [0.05, 0.1) is 26.0 Å². The second-order valence-corrected chi connectivity index (χ2v) is 14.0. The van der Waals surface area contributed by atoms with Crippen molar-refractivity contribution in [1.29, 1.82) is 0 Å². The molecule has 1 heterocycles. The minimum absolute atomic E-state index is 0.0848. The van der Waals surface area contributed by atoms with E-state index in [4.69, 9.17) is 9.47 Å². The summed E-state index contributed by atoms with van der Waals surface area (Å²) in [4.78, 5) is 17.3. The number of ether oxygens (including phenoxy) is 2. The van der Waals surface area contributed by atoms with Gasteiger partial charge in [-0.05, 0) is 53.0 Å². The van der Waals surface area contributed by atoms with E-state index in [0.29, 0.717) is 18.8 Å². The van der Waals surface area contributed by atoms with Crippen LogP contribution in [0.25, 0.3) is 0 Å². The molecule has 1 amide bonds. The summed E-state index contributed by atoms with van der Waals surface area (Å²) in [6.45, 7) is 22.9. The second-order valence-electron chi connectivity index (χ2n) is 14.0. The highest BCUT2D eigenvalue weighted by atomic mass is 16.5. The summed E-state index contributed by atoms with van der Waals surface area (Å²) < 4.78 is 12.1. The van der Waals surface area contributed by atoms with Crippen molar-refractivity contribution >= 4 is 12.1 Å². The van der Waals surface area contributed by atoms with Crippen LogP contribution in [-0.2, 0) is 22.2 Å². The Balaban J connectivity index is 1.53. The SMILES string of the molecule is CCCCOc1ccc(CN2CCN(CC(=O)N/N=C/c3cc(C(C)(C)C)cc(C(C)(C)C)c3O)CC2)cc1OCCCC. The Morgan fingerprint density at radius 3 is 2.09 bits per heavy atom. The van der Waals surface area contributed by atoms with Crippen molar-refractivity contribution in [2.24, 2.45) is 5.10 Å².